The maximum Gasteiger partial charge on any atom is 0.263 e. The molecule has 104 valence electrons. The number of oxime groups is 1. The number of benzene rings is 1. The minimum absolute atomic E-state index is 0.0970. The standard InChI is InChI=1S/C13H16Cl2N2O2/c1-3-17(4-2)13(18)9-19-16-8-10-11(14)6-5-7-12(10)15/h5-8H,3-4,9H2,1-2H3. The summed E-state index contributed by atoms with van der Waals surface area (Å²) in [6.45, 7) is 5.03. The quantitative estimate of drug-likeness (QED) is 0.598. The van der Waals surface area contributed by atoms with Crippen molar-refractivity contribution in [1.82, 2.24) is 4.90 Å². The van der Waals surface area contributed by atoms with Crippen molar-refractivity contribution >= 4 is 35.3 Å². The van der Waals surface area contributed by atoms with Crippen molar-refractivity contribution in [2.45, 2.75) is 13.8 Å². The molecule has 0 aliphatic heterocycles. The molecule has 0 N–H and O–H groups in total. The number of hydrogen-bond donors (Lipinski definition) is 0. The van der Waals surface area contributed by atoms with E-state index in [1.165, 1.54) is 6.21 Å². The second-order valence-corrected chi connectivity index (χ2v) is 4.52. The van der Waals surface area contributed by atoms with E-state index in [0.29, 0.717) is 28.7 Å². The van der Waals surface area contributed by atoms with Gasteiger partial charge in [-0.25, -0.2) is 0 Å². The molecule has 0 radical (unpaired) electrons. The highest BCUT2D eigenvalue weighted by atomic mass is 35.5. The Hall–Kier alpha value is -1.26. The number of hydrogen-bond acceptors (Lipinski definition) is 3. The van der Waals surface area contributed by atoms with Crippen LogP contribution in [0.1, 0.15) is 19.4 Å². The fourth-order valence-corrected chi connectivity index (χ4v) is 1.98. The SMILES string of the molecule is CCN(CC)C(=O)CON=Cc1c(Cl)cccc1Cl. The Labute approximate surface area is 122 Å². The van der Waals surface area contributed by atoms with Crippen LogP contribution in [0.25, 0.3) is 0 Å². The van der Waals surface area contributed by atoms with Gasteiger partial charge in [-0.05, 0) is 26.0 Å². The predicted molar refractivity (Wildman–Crippen MR) is 77.9 cm³/mol. The molecule has 0 aliphatic rings. The van der Waals surface area contributed by atoms with E-state index < -0.39 is 0 Å². The lowest BCUT2D eigenvalue weighted by molar-refractivity contribution is -0.135. The number of rotatable bonds is 6. The molecule has 0 aliphatic carbocycles. The molecule has 0 unspecified atom stereocenters. The second kappa shape index (κ2) is 8.02. The van der Waals surface area contributed by atoms with Crippen molar-refractivity contribution in [1.29, 1.82) is 0 Å². The summed E-state index contributed by atoms with van der Waals surface area (Å²) in [6, 6.07) is 5.15. The number of carbonyl (C=O) groups is 1. The highest BCUT2D eigenvalue weighted by Gasteiger charge is 2.09. The number of carbonyl (C=O) groups excluding carboxylic acids is 1. The molecule has 4 nitrogen and oxygen atoms in total. The van der Waals surface area contributed by atoms with E-state index in [-0.39, 0.29) is 12.5 Å². The van der Waals surface area contributed by atoms with Crippen LogP contribution in [0.3, 0.4) is 0 Å². The summed E-state index contributed by atoms with van der Waals surface area (Å²) in [5.41, 5.74) is 0.570. The molecule has 0 aromatic heterocycles. The summed E-state index contributed by atoms with van der Waals surface area (Å²) < 4.78 is 0. The molecule has 0 saturated heterocycles. The molecule has 0 saturated carbocycles. The van der Waals surface area contributed by atoms with Gasteiger partial charge in [-0.2, -0.15) is 0 Å². The molecule has 0 heterocycles. The summed E-state index contributed by atoms with van der Waals surface area (Å²) in [7, 11) is 0. The Kier molecular flexibility index (Phi) is 6.67. The minimum atomic E-state index is -0.104. The van der Waals surface area contributed by atoms with Crippen molar-refractivity contribution in [3.05, 3.63) is 33.8 Å². The van der Waals surface area contributed by atoms with Gasteiger partial charge in [0.25, 0.3) is 5.91 Å². The summed E-state index contributed by atoms with van der Waals surface area (Å²) in [4.78, 5) is 18.2. The van der Waals surface area contributed by atoms with E-state index in [2.05, 4.69) is 5.16 Å². The van der Waals surface area contributed by atoms with Crippen molar-refractivity contribution in [3.8, 4) is 0 Å². The highest BCUT2D eigenvalue weighted by molar-refractivity contribution is 6.38. The largest absolute Gasteiger partial charge is 0.386 e. The Morgan fingerprint density at radius 1 is 1.32 bits per heavy atom. The van der Waals surface area contributed by atoms with Crippen LogP contribution in [-0.2, 0) is 9.63 Å². The van der Waals surface area contributed by atoms with Gasteiger partial charge in [-0.1, -0.05) is 34.4 Å². The summed E-state index contributed by atoms with van der Waals surface area (Å²) in [6.07, 6.45) is 1.40. The monoisotopic (exact) mass is 302 g/mol. The lowest BCUT2D eigenvalue weighted by Crippen LogP contribution is -2.33. The molecule has 1 rings (SSSR count). The van der Waals surface area contributed by atoms with Gasteiger partial charge in [0.2, 0.25) is 0 Å². The van der Waals surface area contributed by atoms with E-state index in [1.54, 1.807) is 23.1 Å². The van der Waals surface area contributed by atoms with Crippen LogP contribution >= 0.6 is 23.2 Å². The molecule has 1 aromatic rings. The molecule has 19 heavy (non-hydrogen) atoms. The van der Waals surface area contributed by atoms with Gasteiger partial charge >= 0.3 is 0 Å². The van der Waals surface area contributed by atoms with Gasteiger partial charge < -0.3 is 9.74 Å². The first-order valence-electron chi connectivity index (χ1n) is 5.97. The molecule has 1 aromatic carbocycles. The van der Waals surface area contributed by atoms with E-state index in [4.69, 9.17) is 28.0 Å². The van der Waals surface area contributed by atoms with Gasteiger partial charge in [0.1, 0.15) is 0 Å². The van der Waals surface area contributed by atoms with Crippen LogP contribution in [-0.4, -0.2) is 36.7 Å². The van der Waals surface area contributed by atoms with E-state index in [9.17, 15) is 4.79 Å². The molecule has 6 heteroatoms. The van der Waals surface area contributed by atoms with Gasteiger partial charge in [0.05, 0.1) is 16.3 Å². The smallest absolute Gasteiger partial charge is 0.263 e. The Morgan fingerprint density at radius 2 is 1.89 bits per heavy atom. The van der Waals surface area contributed by atoms with Crippen LogP contribution < -0.4 is 0 Å². The number of likely N-dealkylation sites (N-methyl/N-ethyl adjacent to an activating group) is 1. The average molecular weight is 303 g/mol. The number of halogens is 2. The molecule has 0 bridgehead atoms. The van der Waals surface area contributed by atoms with Gasteiger partial charge in [-0.15, -0.1) is 0 Å². The zero-order valence-corrected chi connectivity index (χ0v) is 12.4. The predicted octanol–water partition coefficient (Wildman–Crippen LogP) is 3.21. The Morgan fingerprint density at radius 3 is 2.42 bits per heavy atom. The van der Waals surface area contributed by atoms with E-state index in [0.717, 1.165) is 0 Å². The lowest BCUT2D eigenvalue weighted by Gasteiger charge is -2.17. The topological polar surface area (TPSA) is 41.9 Å². The minimum Gasteiger partial charge on any atom is -0.386 e. The lowest BCUT2D eigenvalue weighted by atomic mass is 10.2. The van der Waals surface area contributed by atoms with Crippen LogP contribution in [0.2, 0.25) is 10.0 Å². The van der Waals surface area contributed by atoms with Gasteiger partial charge in [0, 0.05) is 18.7 Å². The zero-order valence-electron chi connectivity index (χ0n) is 10.9. The van der Waals surface area contributed by atoms with Gasteiger partial charge in [-0.3, -0.25) is 4.79 Å². The first-order chi connectivity index (χ1) is 9.10. The van der Waals surface area contributed by atoms with Crippen molar-refractivity contribution in [2.75, 3.05) is 19.7 Å². The highest BCUT2D eigenvalue weighted by Crippen LogP contribution is 2.22. The molecular formula is C13H16Cl2N2O2. The molecule has 1 amide bonds. The third-order valence-electron chi connectivity index (χ3n) is 2.56. The third-order valence-corrected chi connectivity index (χ3v) is 3.22. The van der Waals surface area contributed by atoms with Crippen molar-refractivity contribution in [3.63, 3.8) is 0 Å². The Bertz CT molecular complexity index is 440. The van der Waals surface area contributed by atoms with Gasteiger partial charge in [0.15, 0.2) is 6.61 Å². The van der Waals surface area contributed by atoms with E-state index >= 15 is 0 Å². The van der Waals surface area contributed by atoms with Crippen molar-refractivity contribution in [2.24, 2.45) is 5.16 Å². The normalized spacial score (nSPS) is 10.7. The van der Waals surface area contributed by atoms with Crippen LogP contribution in [0.5, 0.6) is 0 Å². The van der Waals surface area contributed by atoms with Crippen LogP contribution in [0.15, 0.2) is 23.4 Å². The Balaban J connectivity index is 2.53. The molecular weight excluding hydrogens is 287 g/mol. The third kappa shape index (κ3) is 4.73. The molecule has 0 atom stereocenters. The fraction of sp³-hybridized carbons (Fsp3) is 0.385. The number of amides is 1. The summed E-state index contributed by atoms with van der Waals surface area (Å²) >= 11 is 11.9. The second-order valence-electron chi connectivity index (χ2n) is 3.71. The van der Waals surface area contributed by atoms with Crippen LogP contribution in [0.4, 0.5) is 0 Å². The first-order valence-corrected chi connectivity index (χ1v) is 6.72. The maximum absolute atomic E-state index is 11.6. The summed E-state index contributed by atoms with van der Waals surface area (Å²) in [5.74, 6) is -0.104. The van der Waals surface area contributed by atoms with E-state index in [1.807, 2.05) is 13.8 Å². The first kappa shape index (κ1) is 15.8. The molecule has 0 spiro atoms. The van der Waals surface area contributed by atoms with Crippen LogP contribution in [0, 0.1) is 0 Å². The summed E-state index contributed by atoms with van der Waals surface area (Å²) in [5, 5.41) is 4.68. The average Bonchev–Trinajstić information content (AvgIpc) is 2.38. The maximum atomic E-state index is 11.6. The zero-order chi connectivity index (χ0) is 14.3. The van der Waals surface area contributed by atoms with Crippen molar-refractivity contribution < 1.29 is 9.63 Å². The molecule has 0 fully saturated rings. The fourth-order valence-electron chi connectivity index (χ4n) is 1.48. The number of nitrogens with zero attached hydrogens (tertiary/aromatic N) is 2.